The number of ether oxygens (including phenoxy) is 1. The van der Waals surface area contributed by atoms with Crippen LogP contribution in [0.5, 0.6) is 11.5 Å². The van der Waals surface area contributed by atoms with E-state index in [1.807, 2.05) is 24.4 Å². The quantitative estimate of drug-likeness (QED) is 0.116. The van der Waals surface area contributed by atoms with Crippen LogP contribution >= 0.6 is 0 Å². The van der Waals surface area contributed by atoms with Crippen molar-refractivity contribution in [1.29, 1.82) is 0 Å². The molecule has 2 aliphatic heterocycles. The molecule has 0 saturated carbocycles. The second-order valence-electron chi connectivity index (χ2n) is 21.0. The second kappa shape index (κ2) is 18.2. The summed E-state index contributed by atoms with van der Waals surface area (Å²) < 4.78 is 15.2. The minimum Gasteiger partial charge on any atom is -0.0622 e. The van der Waals surface area contributed by atoms with Crippen molar-refractivity contribution < 1.29 is 25.8 Å². The Labute approximate surface area is 451 Å². The predicted molar refractivity (Wildman–Crippen MR) is 305 cm³/mol. The maximum atomic E-state index is 7.11. The van der Waals surface area contributed by atoms with Crippen LogP contribution in [0.15, 0.2) is 212 Å². The first kappa shape index (κ1) is 47.6. The van der Waals surface area contributed by atoms with E-state index in [1.165, 1.54) is 45.0 Å². The number of hydrogen-bond donors (Lipinski definition) is 1. The van der Waals surface area contributed by atoms with E-state index in [-0.39, 0.29) is 31.9 Å². The molecular weight excluding hydrogens is 1140 g/mol. The first-order valence-electron chi connectivity index (χ1n) is 25.1. The zero-order chi connectivity index (χ0) is 49.6. The summed E-state index contributed by atoms with van der Waals surface area (Å²) in [5.41, 5.74) is 13.9. The third-order valence-corrected chi connectivity index (χ3v) is 25.7. The number of nitrogens with one attached hydrogen (secondary N) is 1. The predicted octanol–water partition coefficient (Wildman–Crippen LogP) is 14.2. The maximum absolute atomic E-state index is 7.11. The first-order valence-corrected chi connectivity index (χ1v) is 29.3. The van der Waals surface area contributed by atoms with Gasteiger partial charge in [0.2, 0.25) is 0 Å². The van der Waals surface area contributed by atoms with Gasteiger partial charge in [-0.05, 0) is 11.1 Å². The molecule has 0 radical (unpaired) electrons. The van der Waals surface area contributed by atoms with Gasteiger partial charge in [0.15, 0.2) is 0 Å². The number of rotatable bonds is 9. The Morgan fingerprint density at radius 1 is 0.595 bits per heavy atom. The monoisotopic (exact) mass is 1200 g/mol. The Morgan fingerprint density at radius 3 is 1.86 bits per heavy atom. The van der Waals surface area contributed by atoms with Crippen LogP contribution < -0.4 is 32.5 Å². The molecule has 0 bridgehead atoms. The van der Waals surface area contributed by atoms with Crippen LogP contribution in [0.3, 0.4) is 0 Å². The van der Waals surface area contributed by atoms with E-state index in [2.05, 4.69) is 250 Å². The molecule has 9 aromatic carbocycles. The Hall–Kier alpha value is -7.44. The fourth-order valence-corrected chi connectivity index (χ4v) is 24.6. The number of hydrogen-bond acceptors (Lipinski definition) is 4. The molecule has 2 aliphatic rings. The van der Waals surface area contributed by atoms with E-state index >= 15 is 0 Å². The van der Waals surface area contributed by atoms with Gasteiger partial charge in [-0.2, -0.15) is 0 Å². The molecular formula is C67H53GeN4OPt-3. The summed E-state index contributed by atoms with van der Waals surface area (Å²) in [6, 6.07) is 81.6. The third kappa shape index (κ3) is 7.41. The van der Waals surface area contributed by atoms with Crippen LogP contribution in [-0.2, 0) is 31.9 Å². The van der Waals surface area contributed by atoms with E-state index in [1.54, 1.807) is 0 Å². The molecule has 1 N–H and O–H groups in total. The number of fused-ring (bicyclic) bond motifs is 6. The minimum absolute atomic E-state index is 0. The number of nitrogens with zero attached hydrogens (tertiary/aromatic N) is 3. The molecule has 0 fully saturated rings. The summed E-state index contributed by atoms with van der Waals surface area (Å²) in [7, 11) is 4.75. The van der Waals surface area contributed by atoms with Crippen LogP contribution in [0, 0.1) is 19.2 Å². The van der Waals surface area contributed by atoms with Crippen molar-refractivity contribution >= 4 is 75.4 Å². The van der Waals surface area contributed by atoms with Gasteiger partial charge in [-0.3, -0.25) is 0 Å². The fourth-order valence-electron chi connectivity index (χ4n) is 12.0. The van der Waals surface area contributed by atoms with Crippen molar-refractivity contribution in [2.24, 2.45) is 0 Å². The summed E-state index contributed by atoms with van der Waals surface area (Å²) in [6.07, 6.45) is 1.95. The van der Waals surface area contributed by atoms with Crippen molar-refractivity contribution in [2.45, 2.75) is 45.4 Å². The van der Waals surface area contributed by atoms with E-state index in [4.69, 9.17) is 16.8 Å². The summed E-state index contributed by atoms with van der Waals surface area (Å²) >= 11 is -3.75. The zero-order valence-electron chi connectivity index (χ0n) is 42.0. The van der Waals surface area contributed by atoms with Crippen molar-refractivity contribution in [3.8, 4) is 39.6 Å². The van der Waals surface area contributed by atoms with Crippen LogP contribution in [0.1, 0.15) is 51.3 Å². The molecule has 0 aliphatic carbocycles. The van der Waals surface area contributed by atoms with Gasteiger partial charge < -0.3 is 0 Å². The second-order valence-corrected chi connectivity index (χ2v) is 28.6. The van der Waals surface area contributed by atoms with Crippen molar-refractivity contribution in [1.82, 2.24) is 9.55 Å². The summed E-state index contributed by atoms with van der Waals surface area (Å²) in [5.74, 6) is 2.10. The number of anilines is 4. The van der Waals surface area contributed by atoms with Crippen LogP contribution in [0.25, 0.3) is 49.9 Å². The van der Waals surface area contributed by atoms with E-state index in [9.17, 15) is 0 Å². The Balaban J connectivity index is 0.00000556. The molecule has 1 spiro atoms. The number of pyridine rings is 1. The third-order valence-electron chi connectivity index (χ3n) is 15.4. The average molecular weight is 1200 g/mol. The topological polar surface area (TPSA) is 42.3 Å². The molecule has 364 valence electrons. The molecule has 0 atom stereocenters. The standard InChI is InChI=1S/C67H53GeN4O.Pt/c1-66(2,3)46-38-39-69-62(40-46)72-60-37-21-34-56-63(60)64-57(68(56)54-32-15-13-30-52(54)67(4,5)53-31-14-16-33-55(53)68)42-49(43-61(64)72)73-48-27-19-26-47(41-48)70-58-35-17-18-36-59(58)71(6)65-50(44-22-9-7-10-23-44)28-20-29-51(65)45-24-11-8-12-25-45;/h7-40,42,70H,6H2,1-5H3;/q-3;. The van der Waals surface area contributed by atoms with Crippen molar-refractivity contribution in [3.63, 3.8) is 0 Å². The fraction of sp³-hybridized carbons (Fsp3) is 0.104. The van der Waals surface area contributed by atoms with Gasteiger partial charge >= 0.3 is 332 Å². The van der Waals surface area contributed by atoms with Crippen LogP contribution in [0.4, 0.5) is 22.7 Å². The van der Waals surface area contributed by atoms with Gasteiger partial charge in [0.25, 0.3) is 0 Å². The molecule has 0 amide bonds. The molecule has 2 aromatic heterocycles. The Morgan fingerprint density at radius 2 is 1.19 bits per heavy atom. The molecule has 0 saturated heterocycles. The average Bonchev–Trinajstić information content (AvgIpc) is 3.94. The molecule has 13 rings (SSSR count). The van der Waals surface area contributed by atoms with Crippen LogP contribution in [-0.4, -0.2) is 22.8 Å². The van der Waals surface area contributed by atoms with Crippen LogP contribution in [0.2, 0.25) is 0 Å². The Kier molecular flexibility index (Phi) is 11.7. The van der Waals surface area contributed by atoms with Gasteiger partial charge in [0, 0.05) is 32.2 Å². The minimum atomic E-state index is -3.75. The molecule has 11 aromatic rings. The molecule has 7 heteroatoms. The zero-order valence-corrected chi connectivity index (χ0v) is 46.4. The molecule has 0 unspecified atom stereocenters. The van der Waals surface area contributed by atoms with Gasteiger partial charge in [0.1, 0.15) is 0 Å². The summed E-state index contributed by atoms with van der Waals surface area (Å²) in [6.45, 7) is 11.6. The van der Waals surface area contributed by atoms with Gasteiger partial charge in [-0.25, -0.2) is 0 Å². The molecule has 74 heavy (non-hydrogen) atoms. The van der Waals surface area contributed by atoms with E-state index in [0.717, 1.165) is 61.9 Å². The van der Waals surface area contributed by atoms with Crippen molar-refractivity contribution in [3.05, 3.63) is 248 Å². The Bertz CT molecular complexity index is 3860. The first-order chi connectivity index (χ1) is 35.5. The SMILES string of the molecule is [CH2-]N(c1ccccc1Nc1[c-]c(Oc2[c-]c3c4[c](c2)[Ge]2([c]5ccccc5C(C)(C)c5cccc[c]52)[c]2cccc(c24)n3-c2cc(C(C)(C)C)ccn2)ccc1)c1c(-c2ccccc2)cccc1-c1ccccc1.[Pt]. The molecule has 4 heterocycles. The summed E-state index contributed by atoms with van der Waals surface area (Å²) in [4.78, 5) is 7.14. The van der Waals surface area contributed by atoms with Crippen molar-refractivity contribution in [2.75, 3.05) is 10.2 Å². The number of benzene rings is 9. The smallest absolute Gasteiger partial charge is 0.0622 e. The normalized spacial score (nSPS) is 13.6. The van der Waals surface area contributed by atoms with E-state index in [0.29, 0.717) is 11.5 Å². The van der Waals surface area contributed by atoms with E-state index < -0.39 is 13.3 Å². The van der Waals surface area contributed by atoms with Gasteiger partial charge in [0.05, 0.1) is 0 Å². The molecule has 5 nitrogen and oxygen atoms in total. The number of aromatic nitrogens is 2. The van der Waals surface area contributed by atoms with Gasteiger partial charge in [-0.15, -0.1) is 0 Å². The van der Waals surface area contributed by atoms with Gasteiger partial charge in [-0.1, -0.05) is 78.9 Å². The number of para-hydroxylation sites is 3. The summed E-state index contributed by atoms with van der Waals surface area (Å²) in [5, 5.41) is 6.29.